The molecule has 9 heteroatoms. The van der Waals surface area contributed by atoms with Crippen molar-refractivity contribution in [3.8, 4) is 5.75 Å². The maximum atomic E-state index is 13.0. The smallest absolute Gasteiger partial charge is 0.418 e. The van der Waals surface area contributed by atoms with Gasteiger partial charge in [0.1, 0.15) is 10.8 Å². The summed E-state index contributed by atoms with van der Waals surface area (Å²) >= 11 is 17.4. The largest absolute Gasteiger partial charge is 0.482 e. The SMILES string of the molecule is O=C(COc1cccc(Cl)c1Cl)Nc1c(Cl)cccc1C(F)(F)F. The number of nitrogens with one attached hydrogen (secondary N) is 1. The van der Waals surface area contributed by atoms with Crippen molar-refractivity contribution in [1.82, 2.24) is 0 Å². The van der Waals surface area contributed by atoms with Gasteiger partial charge in [0.2, 0.25) is 0 Å². The fraction of sp³-hybridized carbons (Fsp3) is 0.133. The predicted molar refractivity (Wildman–Crippen MR) is 87.0 cm³/mol. The molecule has 2 rings (SSSR count). The highest BCUT2D eigenvalue weighted by molar-refractivity contribution is 6.42. The van der Waals surface area contributed by atoms with Gasteiger partial charge in [-0.15, -0.1) is 0 Å². The lowest BCUT2D eigenvalue weighted by atomic mass is 10.1. The Morgan fingerprint density at radius 3 is 2.33 bits per heavy atom. The predicted octanol–water partition coefficient (Wildman–Crippen LogP) is 5.68. The maximum Gasteiger partial charge on any atom is 0.418 e. The summed E-state index contributed by atoms with van der Waals surface area (Å²) in [6.45, 7) is -0.567. The number of ether oxygens (including phenoxy) is 1. The zero-order valence-corrected chi connectivity index (χ0v) is 14.0. The van der Waals surface area contributed by atoms with Crippen molar-refractivity contribution in [1.29, 1.82) is 0 Å². The molecule has 0 saturated heterocycles. The molecule has 2 aromatic carbocycles. The molecule has 3 nitrogen and oxygen atoms in total. The number of para-hydroxylation sites is 1. The number of amides is 1. The number of carbonyl (C=O) groups excluding carboxylic acids is 1. The Kier molecular flexibility index (Phi) is 5.85. The lowest BCUT2D eigenvalue weighted by Crippen LogP contribution is -2.22. The molecule has 0 aliphatic heterocycles. The highest BCUT2D eigenvalue weighted by atomic mass is 35.5. The fourth-order valence-corrected chi connectivity index (χ4v) is 2.37. The molecule has 0 aliphatic rings. The van der Waals surface area contributed by atoms with Gasteiger partial charge in [-0.1, -0.05) is 46.9 Å². The van der Waals surface area contributed by atoms with Gasteiger partial charge in [0.25, 0.3) is 5.91 Å². The van der Waals surface area contributed by atoms with Crippen LogP contribution in [0.25, 0.3) is 0 Å². The Balaban J connectivity index is 2.12. The van der Waals surface area contributed by atoms with Crippen LogP contribution in [0.5, 0.6) is 5.75 Å². The molecule has 128 valence electrons. The fourth-order valence-electron chi connectivity index (χ4n) is 1.80. The molecule has 0 aliphatic carbocycles. The maximum absolute atomic E-state index is 13.0. The minimum atomic E-state index is -4.66. The number of hydrogen-bond acceptors (Lipinski definition) is 2. The molecule has 0 heterocycles. The van der Waals surface area contributed by atoms with E-state index in [0.29, 0.717) is 0 Å². The summed E-state index contributed by atoms with van der Waals surface area (Å²) < 4.78 is 44.0. The molecule has 0 saturated carbocycles. The average molecular weight is 399 g/mol. The number of hydrogen-bond donors (Lipinski definition) is 1. The van der Waals surface area contributed by atoms with E-state index in [1.807, 2.05) is 0 Å². The molecule has 0 unspecified atom stereocenters. The number of anilines is 1. The van der Waals surface area contributed by atoms with E-state index in [9.17, 15) is 18.0 Å². The standard InChI is InChI=1S/C15H9Cl3F3NO2/c16-9-4-2-6-11(13(9)18)24-7-12(23)22-14-8(15(19,20)21)3-1-5-10(14)17/h1-6H,7H2,(H,22,23). The lowest BCUT2D eigenvalue weighted by Gasteiger charge is -2.15. The minimum Gasteiger partial charge on any atom is -0.482 e. The quantitative estimate of drug-likeness (QED) is 0.719. The van der Waals surface area contributed by atoms with Crippen molar-refractivity contribution in [2.45, 2.75) is 6.18 Å². The van der Waals surface area contributed by atoms with E-state index in [-0.39, 0.29) is 20.8 Å². The van der Waals surface area contributed by atoms with Gasteiger partial charge >= 0.3 is 6.18 Å². The third-order valence-electron chi connectivity index (χ3n) is 2.86. The Morgan fingerprint density at radius 1 is 1.04 bits per heavy atom. The van der Waals surface area contributed by atoms with E-state index in [4.69, 9.17) is 39.5 Å². The highest BCUT2D eigenvalue weighted by Crippen LogP contribution is 2.38. The first-order valence-electron chi connectivity index (χ1n) is 6.42. The van der Waals surface area contributed by atoms with Crippen LogP contribution < -0.4 is 10.1 Å². The van der Waals surface area contributed by atoms with Crippen molar-refractivity contribution >= 4 is 46.4 Å². The van der Waals surface area contributed by atoms with E-state index in [2.05, 4.69) is 5.32 Å². The molecular weight excluding hydrogens is 390 g/mol. The zero-order valence-electron chi connectivity index (χ0n) is 11.8. The zero-order chi connectivity index (χ0) is 17.9. The second-order valence-corrected chi connectivity index (χ2v) is 5.74. The van der Waals surface area contributed by atoms with Gasteiger partial charge in [0, 0.05) is 0 Å². The van der Waals surface area contributed by atoms with Crippen molar-refractivity contribution < 1.29 is 22.7 Å². The second kappa shape index (κ2) is 7.51. The Bertz CT molecular complexity index is 766. The van der Waals surface area contributed by atoms with Gasteiger partial charge in [-0.25, -0.2) is 0 Å². The van der Waals surface area contributed by atoms with Gasteiger partial charge in [0.15, 0.2) is 6.61 Å². The summed E-state index contributed by atoms with van der Waals surface area (Å²) in [6, 6.07) is 7.74. The van der Waals surface area contributed by atoms with Crippen LogP contribution in [0.2, 0.25) is 15.1 Å². The first kappa shape index (κ1) is 18.7. The Hall–Kier alpha value is -1.63. The normalized spacial score (nSPS) is 11.2. The monoisotopic (exact) mass is 397 g/mol. The summed E-state index contributed by atoms with van der Waals surface area (Å²) in [4.78, 5) is 11.9. The van der Waals surface area contributed by atoms with Crippen LogP contribution in [-0.4, -0.2) is 12.5 Å². The second-order valence-electron chi connectivity index (χ2n) is 4.55. The molecular formula is C15H9Cl3F3NO2. The summed E-state index contributed by atoms with van der Waals surface area (Å²) in [5.74, 6) is -0.695. The van der Waals surface area contributed by atoms with E-state index >= 15 is 0 Å². The average Bonchev–Trinajstić information content (AvgIpc) is 2.49. The van der Waals surface area contributed by atoms with Crippen LogP contribution in [-0.2, 0) is 11.0 Å². The van der Waals surface area contributed by atoms with Gasteiger partial charge in [-0.2, -0.15) is 13.2 Å². The first-order valence-corrected chi connectivity index (χ1v) is 7.56. The molecule has 0 fully saturated rings. The van der Waals surface area contributed by atoms with E-state index in [1.54, 1.807) is 6.07 Å². The number of carbonyl (C=O) groups is 1. The van der Waals surface area contributed by atoms with E-state index < -0.39 is 29.9 Å². The van der Waals surface area contributed by atoms with Gasteiger partial charge in [-0.05, 0) is 24.3 Å². The molecule has 24 heavy (non-hydrogen) atoms. The van der Waals surface area contributed by atoms with Gasteiger partial charge in [0.05, 0.1) is 21.3 Å². The van der Waals surface area contributed by atoms with E-state index in [1.165, 1.54) is 18.2 Å². The van der Waals surface area contributed by atoms with Gasteiger partial charge < -0.3 is 10.1 Å². The molecule has 0 atom stereocenters. The number of rotatable bonds is 4. The van der Waals surface area contributed by atoms with Crippen molar-refractivity contribution in [3.05, 3.63) is 57.0 Å². The summed E-state index contributed by atoms with van der Waals surface area (Å²) in [5.41, 5.74) is -1.58. The Morgan fingerprint density at radius 2 is 1.67 bits per heavy atom. The number of halogens is 6. The highest BCUT2D eigenvalue weighted by Gasteiger charge is 2.34. The molecule has 1 amide bonds. The third kappa shape index (κ3) is 4.47. The van der Waals surface area contributed by atoms with Crippen LogP contribution in [0.1, 0.15) is 5.56 Å². The Labute approximate surface area is 150 Å². The van der Waals surface area contributed by atoms with Crippen LogP contribution >= 0.6 is 34.8 Å². The number of benzene rings is 2. The summed E-state index contributed by atoms with van der Waals surface area (Å²) in [6.07, 6.45) is -4.66. The summed E-state index contributed by atoms with van der Waals surface area (Å²) in [7, 11) is 0. The van der Waals surface area contributed by atoms with Crippen molar-refractivity contribution in [2.24, 2.45) is 0 Å². The molecule has 0 aromatic heterocycles. The summed E-state index contributed by atoms with van der Waals surface area (Å²) in [5, 5.41) is 2.18. The van der Waals surface area contributed by atoms with Crippen LogP contribution in [0.15, 0.2) is 36.4 Å². The minimum absolute atomic E-state index is 0.0979. The topological polar surface area (TPSA) is 38.3 Å². The van der Waals surface area contributed by atoms with Crippen LogP contribution in [0.4, 0.5) is 18.9 Å². The van der Waals surface area contributed by atoms with Gasteiger partial charge in [-0.3, -0.25) is 4.79 Å². The molecule has 0 spiro atoms. The van der Waals surface area contributed by atoms with E-state index in [0.717, 1.165) is 12.1 Å². The number of alkyl halides is 3. The molecule has 2 aromatic rings. The van der Waals surface area contributed by atoms with Crippen LogP contribution in [0.3, 0.4) is 0 Å². The van der Waals surface area contributed by atoms with Crippen molar-refractivity contribution in [3.63, 3.8) is 0 Å². The first-order chi connectivity index (χ1) is 11.2. The lowest BCUT2D eigenvalue weighted by molar-refractivity contribution is -0.137. The van der Waals surface area contributed by atoms with Crippen LogP contribution in [0, 0.1) is 0 Å². The van der Waals surface area contributed by atoms with Crippen molar-refractivity contribution in [2.75, 3.05) is 11.9 Å². The molecule has 1 N–H and O–H groups in total. The third-order valence-corrected chi connectivity index (χ3v) is 3.97. The molecule has 0 bridgehead atoms. The molecule has 0 radical (unpaired) electrons.